The lowest BCUT2D eigenvalue weighted by molar-refractivity contribution is -0.116. The van der Waals surface area contributed by atoms with Gasteiger partial charge in [0.2, 0.25) is 15.9 Å². The van der Waals surface area contributed by atoms with Gasteiger partial charge in [0, 0.05) is 31.6 Å². The van der Waals surface area contributed by atoms with Gasteiger partial charge in [-0.3, -0.25) is 9.59 Å². The third kappa shape index (κ3) is 5.13. The predicted molar refractivity (Wildman–Crippen MR) is 117 cm³/mol. The zero-order valence-corrected chi connectivity index (χ0v) is 18.8. The molecule has 1 saturated heterocycles. The standard InChI is InChI=1S/C18H20ClN3O4S3/c1-21(12-16(23)20-14-5-3-2-4-13(14)19)18(24)17-15(6-9-28-17)29(25,26)22-7-10-27-11-8-22/h2-6,9H,7-8,10-12H2,1H3,(H,20,23). The van der Waals surface area contributed by atoms with Crippen LogP contribution in [0, 0.1) is 0 Å². The molecule has 2 heterocycles. The van der Waals surface area contributed by atoms with E-state index in [0.29, 0.717) is 23.8 Å². The summed E-state index contributed by atoms with van der Waals surface area (Å²) in [6, 6.07) is 8.23. The number of hydrogen-bond acceptors (Lipinski definition) is 6. The normalized spacial score (nSPS) is 15.1. The maximum absolute atomic E-state index is 13.0. The van der Waals surface area contributed by atoms with Gasteiger partial charge in [-0.05, 0) is 23.6 Å². The number of thioether (sulfide) groups is 1. The Morgan fingerprint density at radius 3 is 2.59 bits per heavy atom. The van der Waals surface area contributed by atoms with E-state index in [9.17, 15) is 18.0 Å². The van der Waals surface area contributed by atoms with E-state index in [1.54, 1.807) is 41.4 Å². The average molecular weight is 474 g/mol. The van der Waals surface area contributed by atoms with E-state index in [1.807, 2.05) is 0 Å². The highest BCUT2D eigenvalue weighted by Gasteiger charge is 2.32. The van der Waals surface area contributed by atoms with Crippen molar-refractivity contribution in [3.05, 3.63) is 45.6 Å². The van der Waals surface area contributed by atoms with Crippen LogP contribution in [0.5, 0.6) is 0 Å². The summed E-state index contributed by atoms with van der Waals surface area (Å²) in [4.78, 5) is 26.4. The molecule has 1 aromatic heterocycles. The summed E-state index contributed by atoms with van der Waals surface area (Å²) >= 11 is 8.79. The highest BCUT2D eigenvalue weighted by atomic mass is 35.5. The van der Waals surface area contributed by atoms with E-state index in [-0.39, 0.29) is 16.3 Å². The molecule has 0 saturated carbocycles. The fourth-order valence-corrected chi connectivity index (χ4v) is 6.94. The number of nitrogens with zero attached hydrogens (tertiary/aromatic N) is 2. The van der Waals surface area contributed by atoms with E-state index in [0.717, 1.165) is 22.8 Å². The van der Waals surface area contributed by atoms with Crippen molar-refractivity contribution in [1.29, 1.82) is 0 Å². The van der Waals surface area contributed by atoms with Gasteiger partial charge in [-0.1, -0.05) is 23.7 Å². The van der Waals surface area contributed by atoms with Crippen molar-refractivity contribution in [2.45, 2.75) is 4.90 Å². The van der Waals surface area contributed by atoms with Crippen LogP contribution in [0.15, 0.2) is 40.6 Å². The van der Waals surface area contributed by atoms with E-state index in [1.165, 1.54) is 22.3 Å². The second-order valence-corrected chi connectivity index (χ2v) is 10.8. The number of rotatable bonds is 6. The van der Waals surface area contributed by atoms with Gasteiger partial charge < -0.3 is 10.2 Å². The van der Waals surface area contributed by atoms with Gasteiger partial charge in [0.25, 0.3) is 5.91 Å². The lowest BCUT2D eigenvalue weighted by Crippen LogP contribution is -2.39. The van der Waals surface area contributed by atoms with E-state index in [4.69, 9.17) is 11.6 Å². The number of hydrogen-bond donors (Lipinski definition) is 1. The van der Waals surface area contributed by atoms with Crippen LogP contribution in [0.3, 0.4) is 0 Å². The molecule has 3 rings (SSSR count). The number of thiophene rings is 1. The first-order valence-electron chi connectivity index (χ1n) is 8.76. The zero-order valence-electron chi connectivity index (χ0n) is 15.6. The van der Waals surface area contributed by atoms with E-state index in [2.05, 4.69) is 5.32 Å². The van der Waals surface area contributed by atoms with Crippen molar-refractivity contribution in [2.75, 3.05) is 43.5 Å². The van der Waals surface area contributed by atoms with Crippen LogP contribution in [0.4, 0.5) is 5.69 Å². The van der Waals surface area contributed by atoms with Crippen LogP contribution in [0.25, 0.3) is 0 Å². The van der Waals surface area contributed by atoms with Crippen LogP contribution < -0.4 is 5.32 Å². The molecule has 0 spiro atoms. The number of sulfonamides is 1. The van der Waals surface area contributed by atoms with Crippen molar-refractivity contribution in [3.8, 4) is 0 Å². The molecular weight excluding hydrogens is 454 g/mol. The minimum Gasteiger partial charge on any atom is -0.332 e. The fourth-order valence-electron chi connectivity index (χ4n) is 2.80. The molecule has 1 fully saturated rings. The van der Waals surface area contributed by atoms with E-state index >= 15 is 0 Å². The molecule has 2 amide bonds. The summed E-state index contributed by atoms with van der Waals surface area (Å²) in [5, 5.41) is 4.62. The van der Waals surface area contributed by atoms with Crippen molar-refractivity contribution in [3.63, 3.8) is 0 Å². The first-order chi connectivity index (χ1) is 13.8. The summed E-state index contributed by atoms with van der Waals surface area (Å²) in [7, 11) is -2.29. The van der Waals surface area contributed by atoms with Crippen molar-refractivity contribution in [1.82, 2.24) is 9.21 Å². The summed E-state index contributed by atoms with van der Waals surface area (Å²) in [6.45, 7) is 0.612. The zero-order chi connectivity index (χ0) is 21.0. The molecule has 0 bridgehead atoms. The van der Waals surface area contributed by atoms with E-state index < -0.39 is 21.8 Å². The molecule has 0 atom stereocenters. The van der Waals surface area contributed by atoms with Gasteiger partial charge in [-0.15, -0.1) is 11.3 Å². The summed E-state index contributed by atoms with van der Waals surface area (Å²) < 4.78 is 27.3. The number of nitrogens with one attached hydrogen (secondary N) is 1. The van der Waals surface area contributed by atoms with Crippen LogP contribution in [-0.2, 0) is 14.8 Å². The quantitative estimate of drug-likeness (QED) is 0.697. The Morgan fingerprint density at radius 1 is 1.21 bits per heavy atom. The molecule has 7 nitrogen and oxygen atoms in total. The Kier molecular flexibility index (Phi) is 7.23. The SMILES string of the molecule is CN(CC(=O)Nc1ccccc1Cl)C(=O)c1sccc1S(=O)(=O)N1CCSCC1. The summed E-state index contributed by atoms with van der Waals surface area (Å²) in [6.07, 6.45) is 0. The summed E-state index contributed by atoms with van der Waals surface area (Å²) in [5.41, 5.74) is 0.447. The molecule has 2 aromatic rings. The Labute approximate surface area is 183 Å². The third-order valence-electron chi connectivity index (χ3n) is 4.29. The van der Waals surface area contributed by atoms with Crippen LogP contribution >= 0.6 is 34.7 Å². The number of likely N-dealkylation sites (N-methyl/N-ethyl adjacent to an activating group) is 1. The Hall–Kier alpha value is -1.59. The predicted octanol–water partition coefficient (Wildman–Crippen LogP) is 2.85. The molecule has 1 aromatic carbocycles. The Balaban J connectivity index is 1.71. The number of carbonyl (C=O) groups excluding carboxylic acids is 2. The Morgan fingerprint density at radius 2 is 1.90 bits per heavy atom. The molecule has 0 radical (unpaired) electrons. The monoisotopic (exact) mass is 473 g/mol. The van der Waals surface area contributed by atoms with Crippen molar-refractivity contribution < 1.29 is 18.0 Å². The molecule has 11 heteroatoms. The largest absolute Gasteiger partial charge is 0.332 e. The highest BCUT2D eigenvalue weighted by Crippen LogP contribution is 2.28. The van der Waals surface area contributed by atoms with Crippen LogP contribution in [0.2, 0.25) is 5.02 Å². The molecule has 1 N–H and O–H groups in total. The summed E-state index contributed by atoms with van der Waals surface area (Å²) in [5.74, 6) is 0.519. The Bertz CT molecular complexity index is 1000. The first kappa shape index (κ1) is 22.1. The van der Waals surface area contributed by atoms with Crippen LogP contribution in [-0.4, -0.2) is 67.6 Å². The highest BCUT2D eigenvalue weighted by molar-refractivity contribution is 7.99. The van der Waals surface area contributed by atoms with Crippen LogP contribution in [0.1, 0.15) is 9.67 Å². The lowest BCUT2D eigenvalue weighted by atomic mass is 10.3. The second-order valence-electron chi connectivity index (χ2n) is 6.32. The third-order valence-corrected chi connectivity index (χ3v) is 8.53. The van der Waals surface area contributed by atoms with Crippen molar-refractivity contribution in [2.24, 2.45) is 0 Å². The minimum atomic E-state index is -3.75. The number of benzene rings is 1. The number of halogens is 1. The molecular formula is C18H20ClN3O4S3. The molecule has 156 valence electrons. The number of amides is 2. The van der Waals surface area contributed by atoms with Gasteiger partial charge >= 0.3 is 0 Å². The molecule has 0 aliphatic carbocycles. The lowest BCUT2D eigenvalue weighted by Gasteiger charge is -2.26. The van der Waals surface area contributed by atoms with Gasteiger partial charge in [-0.25, -0.2) is 8.42 Å². The molecule has 1 aliphatic heterocycles. The van der Waals surface area contributed by atoms with Gasteiger partial charge in [-0.2, -0.15) is 16.1 Å². The fraction of sp³-hybridized carbons (Fsp3) is 0.333. The maximum atomic E-state index is 13.0. The second kappa shape index (κ2) is 9.48. The van der Waals surface area contributed by atoms with Crippen molar-refractivity contribution >= 4 is 62.2 Å². The first-order valence-corrected chi connectivity index (χ1v) is 12.6. The van der Waals surface area contributed by atoms with Gasteiger partial charge in [0.1, 0.15) is 9.77 Å². The number of anilines is 1. The molecule has 0 unspecified atom stereocenters. The molecule has 1 aliphatic rings. The minimum absolute atomic E-state index is 0.00207. The smallest absolute Gasteiger partial charge is 0.265 e. The average Bonchev–Trinajstić information content (AvgIpc) is 3.20. The topological polar surface area (TPSA) is 86.8 Å². The number of carbonyl (C=O) groups is 2. The number of para-hydroxylation sites is 1. The maximum Gasteiger partial charge on any atom is 0.265 e. The van der Waals surface area contributed by atoms with Gasteiger partial charge in [0.15, 0.2) is 0 Å². The van der Waals surface area contributed by atoms with Gasteiger partial charge in [0.05, 0.1) is 17.3 Å². The molecule has 29 heavy (non-hydrogen) atoms.